The molecule has 6 heteroatoms. The highest BCUT2D eigenvalue weighted by Gasteiger charge is 2.28. The number of piperidine rings is 1. The molecule has 0 radical (unpaired) electrons. The topological polar surface area (TPSA) is 78.9 Å². The Morgan fingerprint density at radius 3 is 2.81 bits per heavy atom. The third kappa shape index (κ3) is 3.37. The Bertz CT molecular complexity index is 270. The van der Waals surface area contributed by atoms with Crippen LogP contribution in [0.1, 0.15) is 13.3 Å². The minimum atomic E-state index is -1.04. The predicted molar refractivity (Wildman–Crippen MR) is 57.2 cm³/mol. The summed E-state index contributed by atoms with van der Waals surface area (Å²) in [4.78, 5) is 23.5. The van der Waals surface area contributed by atoms with Gasteiger partial charge in [-0.1, -0.05) is 6.92 Å². The van der Waals surface area contributed by atoms with Crippen LogP contribution in [0, 0.1) is 5.92 Å². The van der Waals surface area contributed by atoms with E-state index in [0.717, 1.165) is 6.42 Å². The number of carboxylic acid groups (broad SMARTS) is 1. The van der Waals surface area contributed by atoms with Gasteiger partial charge in [-0.15, -0.1) is 0 Å². The van der Waals surface area contributed by atoms with Crippen LogP contribution in [0.3, 0.4) is 0 Å². The molecular formula is C10H18N2O4. The smallest absolute Gasteiger partial charge is 0.323 e. The lowest BCUT2D eigenvalue weighted by Crippen LogP contribution is -2.50. The van der Waals surface area contributed by atoms with Crippen LogP contribution in [0.25, 0.3) is 0 Å². The maximum absolute atomic E-state index is 11.6. The van der Waals surface area contributed by atoms with E-state index in [1.807, 2.05) is 0 Å². The van der Waals surface area contributed by atoms with Crippen LogP contribution in [0.5, 0.6) is 0 Å². The monoisotopic (exact) mass is 230 g/mol. The number of urea groups is 1. The van der Waals surface area contributed by atoms with Gasteiger partial charge in [-0.25, -0.2) is 4.79 Å². The first-order chi connectivity index (χ1) is 7.54. The van der Waals surface area contributed by atoms with Crippen molar-refractivity contribution in [2.75, 3.05) is 26.7 Å². The van der Waals surface area contributed by atoms with Crippen LogP contribution < -0.4 is 5.32 Å². The van der Waals surface area contributed by atoms with E-state index in [1.54, 1.807) is 12.0 Å². The Morgan fingerprint density at radius 1 is 1.56 bits per heavy atom. The van der Waals surface area contributed by atoms with Gasteiger partial charge in [0.2, 0.25) is 0 Å². The molecule has 1 aliphatic rings. The maximum atomic E-state index is 11.6. The summed E-state index contributed by atoms with van der Waals surface area (Å²) in [7, 11) is 1.62. The van der Waals surface area contributed by atoms with Gasteiger partial charge < -0.3 is 20.1 Å². The molecule has 2 unspecified atom stereocenters. The van der Waals surface area contributed by atoms with E-state index in [-0.39, 0.29) is 18.7 Å². The molecule has 0 aromatic heterocycles. The zero-order valence-corrected chi connectivity index (χ0v) is 9.60. The first-order valence-electron chi connectivity index (χ1n) is 5.32. The molecule has 0 aliphatic carbocycles. The molecule has 2 amide bonds. The van der Waals surface area contributed by atoms with Crippen molar-refractivity contribution >= 4 is 12.0 Å². The lowest BCUT2D eigenvalue weighted by Gasteiger charge is -2.35. The fourth-order valence-corrected chi connectivity index (χ4v) is 1.79. The molecule has 1 rings (SSSR count). The van der Waals surface area contributed by atoms with Gasteiger partial charge in [0.05, 0.1) is 6.10 Å². The largest absolute Gasteiger partial charge is 0.480 e. The number of carbonyl (C=O) groups excluding carboxylic acids is 1. The average molecular weight is 230 g/mol. The Kier molecular flexibility index (Phi) is 4.54. The highest BCUT2D eigenvalue weighted by Crippen LogP contribution is 2.19. The van der Waals surface area contributed by atoms with Gasteiger partial charge in [-0.05, 0) is 12.3 Å². The number of aliphatic carboxylic acids is 1. The third-order valence-electron chi connectivity index (χ3n) is 2.87. The molecule has 1 heterocycles. The molecule has 2 N–H and O–H groups in total. The minimum Gasteiger partial charge on any atom is -0.480 e. The fraction of sp³-hybridized carbons (Fsp3) is 0.800. The molecular weight excluding hydrogens is 212 g/mol. The van der Waals surface area contributed by atoms with Crippen molar-refractivity contribution in [2.45, 2.75) is 19.4 Å². The number of hydrogen-bond acceptors (Lipinski definition) is 3. The summed E-state index contributed by atoms with van der Waals surface area (Å²) in [5, 5.41) is 10.8. The van der Waals surface area contributed by atoms with Gasteiger partial charge in [0.25, 0.3) is 0 Å². The average Bonchev–Trinajstić information content (AvgIpc) is 2.26. The highest BCUT2D eigenvalue weighted by atomic mass is 16.5. The second-order valence-electron chi connectivity index (χ2n) is 4.04. The molecule has 6 nitrogen and oxygen atoms in total. The predicted octanol–water partition coefficient (Wildman–Crippen LogP) is 0.137. The molecule has 0 bridgehead atoms. The third-order valence-corrected chi connectivity index (χ3v) is 2.87. The first kappa shape index (κ1) is 12.8. The van der Waals surface area contributed by atoms with Crippen LogP contribution in [0.4, 0.5) is 4.79 Å². The lowest BCUT2D eigenvalue weighted by molar-refractivity contribution is -0.135. The molecule has 0 spiro atoms. The van der Waals surface area contributed by atoms with Crippen molar-refractivity contribution in [3.63, 3.8) is 0 Å². The highest BCUT2D eigenvalue weighted by molar-refractivity contribution is 5.80. The second-order valence-corrected chi connectivity index (χ2v) is 4.04. The summed E-state index contributed by atoms with van der Waals surface area (Å²) in [6, 6.07) is -0.337. The van der Waals surface area contributed by atoms with Gasteiger partial charge in [0.15, 0.2) is 0 Å². The quantitative estimate of drug-likeness (QED) is 0.722. The maximum Gasteiger partial charge on any atom is 0.323 e. The number of carbonyl (C=O) groups is 2. The van der Waals surface area contributed by atoms with Crippen LogP contribution in [-0.2, 0) is 9.53 Å². The molecule has 0 aromatic carbocycles. The number of nitrogens with one attached hydrogen (secondary N) is 1. The Balaban J connectivity index is 2.42. The van der Waals surface area contributed by atoms with Crippen molar-refractivity contribution in [1.29, 1.82) is 0 Å². The summed E-state index contributed by atoms with van der Waals surface area (Å²) in [5.74, 6) is -0.615. The van der Waals surface area contributed by atoms with E-state index < -0.39 is 5.97 Å². The van der Waals surface area contributed by atoms with E-state index in [4.69, 9.17) is 9.84 Å². The van der Waals surface area contributed by atoms with Crippen LogP contribution in [0.2, 0.25) is 0 Å². The van der Waals surface area contributed by atoms with Crippen LogP contribution >= 0.6 is 0 Å². The number of likely N-dealkylation sites (tertiary alicyclic amines) is 1. The van der Waals surface area contributed by atoms with Crippen molar-refractivity contribution in [3.8, 4) is 0 Å². The summed E-state index contributed by atoms with van der Waals surface area (Å²) >= 11 is 0. The molecule has 1 aliphatic heterocycles. The fourth-order valence-electron chi connectivity index (χ4n) is 1.79. The normalized spacial score (nSPS) is 25.2. The Labute approximate surface area is 94.6 Å². The SMILES string of the molecule is COC1CN(C(=O)NCC(=O)O)CCC1C. The van der Waals surface area contributed by atoms with Crippen LogP contribution in [0.15, 0.2) is 0 Å². The number of rotatable bonds is 3. The van der Waals surface area contributed by atoms with Crippen LogP contribution in [-0.4, -0.2) is 54.9 Å². The molecule has 92 valence electrons. The van der Waals surface area contributed by atoms with Crippen molar-refractivity contribution in [2.24, 2.45) is 5.92 Å². The molecule has 1 fully saturated rings. The number of amides is 2. The lowest BCUT2D eigenvalue weighted by atomic mass is 9.96. The molecule has 2 atom stereocenters. The summed E-state index contributed by atoms with van der Waals surface area (Å²) in [5.41, 5.74) is 0. The van der Waals surface area contributed by atoms with Gasteiger partial charge in [-0.2, -0.15) is 0 Å². The molecule has 1 saturated heterocycles. The minimum absolute atomic E-state index is 0.0318. The summed E-state index contributed by atoms with van der Waals surface area (Å²) in [6.45, 7) is 2.90. The van der Waals surface area contributed by atoms with Gasteiger partial charge in [-0.3, -0.25) is 4.79 Å². The molecule has 0 saturated carbocycles. The van der Waals surface area contributed by atoms with Crippen molar-refractivity contribution in [3.05, 3.63) is 0 Å². The standard InChI is InChI=1S/C10H18N2O4/c1-7-3-4-12(6-8(7)16-2)10(15)11-5-9(13)14/h7-8H,3-6H2,1-2H3,(H,11,15)(H,13,14). The number of methoxy groups -OCH3 is 1. The van der Waals surface area contributed by atoms with E-state index >= 15 is 0 Å². The zero-order chi connectivity index (χ0) is 12.1. The van der Waals surface area contributed by atoms with Gasteiger partial charge in [0.1, 0.15) is 6.54 Å². The Hall–Kier alpha value is -1.30. The van der Waals surface area contributed by atoms with Crippen molar-refractivity contribution < 1.29 is 19.4 Å². The van der Waals surface area contributed by atoms with E-state index in [0.29, 0.717) is 19.0 Å². The first-order valence-corrected chi connectivity index (χ1v) is 5.32. The van der Waals surface area contributed by atoms with Crippen molar-refractivity contribution in [1.82, 2.24) is 10.2 Å². The molecule has 16 heavy (non-hydrogen) atoms. The van der Waals surface area contributed by atoms with E-state index in [2.05, 4.69) is 12.2 Å². The number of carboxylic acids is 1. The number of nitrogens with zero attached hydrogens (tertiary/aromatic N) is 1. The summed E-state index contributed by atoms with van der Waals surface area (Å²) in [6.07, 6.45) is 0.906. The Morgan fingerprint density at radius 2 is 2.25 bits per heavy atom. The van der Waals surface area contributed by atoms with E-state index in [9.17, 15) is 9.59 Å². The summed E-state index contributed by atoms with van der Waals surface area (Å²) < 4.78 is 5.27. The van der Waals surface area contributed by atoms with Gasteiger partial charge in [0, 0.05) is 20.2 Å². The van der Waals surface area contributed by atoms with Gasteiger partial charge >= 0.3 is 12.0 Å². The zero-order valence-electron chi connectivity index (χ0n) is 9.60. The molecule has 0 aromatic rings. The second kappa shape index (κ2) is 5.69. The number of ether oxygens (including phenoxy) is 1. The number of hydrogen-bond donors (Lipinski definition) is 2. The van der Waals surface area contributed by atoms with E-state index in [1.165, 1.54) is 0 Å².